The summed E-state index contributed by atoms with van der Waals surface area (Å²) in [5.74, 6) is -1.06. The first-order chi connectivity index (χ1) is 17.8. The Balaban J connectivity index is 1.34. The van der Waals surface area contributed by atoms with Crippen molar-refractivity contribution < 1.29 is 14.0 Å². The van der Waals surface area contributed by atoms with Crippen molar-refractivity contribution in [2.75, 3.05) is 5.32 Å². The minimum atomic E-state index is -0.666. The molecule has 0 aliphatic carbocycles. The molecule has 37 heavy (non-hydrogen) atoms. The number of aliphatic imine (C=N–C) groups is 1. The number of nitrogens with zero attached hydrogens (tertiary/aromatic N) is 3. The van der Waals surface area contributed by atoms with E-state index in [1.165, 1.54) is 23.9 Å². The fourth-order valence-corrected chi connectivity index (χ4v) is 5.45. The van der Waals surface area contributed by atoms with Crippen molar-refractivity contribution in [2.45, 2.75) is 38.0 Å². The lowest BCUT2D eigenvalue weighted by Gasteiger charge is -2.23. The van der Waals surface area contributed by atoms with Crippen LogP contribution < -0.4 is 5.32 Å². The number of halogens is 2. The highest BCUT2D eigenvalue weighted by atomic mass is 35.5. The summed E-state index contributed by atoms with van der Waals surface area (Å²) in [5, 5.41) is 9.81. The second-order valence-corrected chi connectivity index (χ2v) is 10.7. The Morgan fingerprint density at radius 1 is 1.11 bits per heavy atom. The lowest BCUT2D eigenvalue weighted by molar-refractivity contribution is -0.121. The van der Waals surface area contributed by atoms with E-state index >= 15 is 0 Å². The highest BCUT2D eigenvalue weighted by molar-refractivity contribution is 8.15. The number of aryl methyl sites for hydroxylation is 2. The Morgan fingerprint density at radius 2 is 1.84 bits per heavy atom. The maximum absolute atomic E-state index is 13.5. The van der Waals surface area contributed by atoms with Crippen molar-refractivity contribution in [1.29, 1.82) is 0 Å². The Hall–Kier alpha value is -3.49. The largest absolute Gasteiger partial charge is 0.326 e. The van der Waals surface area contributed by atoms with E-state index in [4.69, 9.17) is 16.7 Å². The number of hydrogen-bond acceptors (Lipinski definition) is 5. The third kappa shape index (κ3) is 5.60. The van der Waals surface area contributed by atoms with E-state index in [0.717, 1.165) is 22.4 Å². The summed E-state index contributed by atoms with van der Waals surface area (Å²) in [4.78, 5) is 29.7. The van der Waals surface area contributed by atoms with Gasteiger partial charge in [-0.1, -0.05) is 65.3 Å². The number of amides is 2. The maximum atomic E-state index is 13.5. The number of carbonyl (C=O) groups excluding carboxylic acids is 2. The van der Waals surface area contributed by atoms with Gasteiger partial charge < -0.3 is 5.32 Å². The molecule has 0 saturated carbocycles. The smallest absolute Gasteiger partial charge is 0.262 e. The highest BCUT2D eigenvalue weighted by Gasteiger charge is 2.39. The van der Waals surface area contributed by atoms with Gasteiger partial charge in [-0.2, -0.15) is 10.1 Å². The minimum Gasteiger partial charge on any atom is -0.326 e. The molecule has 6 nitrogen and oxygen atoms in total. The predicted molar refractivity (Wildman–Crippen MR) is 147 cm³/mol. The first-order valence-corrected chi connectivity index (χ1v) is 13.1. The lowest BCUT2D eigenvalue weighted by atomic mass is 9.98. The molecular formula is C28H24ClFN4O2S. The number of rotatable bonds is 5. The van der Waals surface area contributed by atoms with Crippen LogP contribution in [0.5, 0.6) is 0 Å². The van der Waals surface area contributed by atoms with Gasteiger partial charge in [-0.3, -0.25) is 9.59 Å². The van der Waals surface area contributed by atoms with E-state index in [2.05, 4.69) is 10.3 Å². The van der Waals surface area contributed by atoms with Crippen LogP contribution in [0.4, 0.5) is 10.1 Å². The average Bonchev–Trinajstić information content (AvgIpc) is 3.46. The molecule has 5 rings (SSSR count). The van der Waals surface area contributed by atoms with Crippen LogP contribution in [0.1, 0.15) is 41.1 Å². The van der Waals surface area contributed by atoms with Gasteiger partial charge in [0.1, 0.15) is 11.1 Å². The van der Waals surface area contributed by atoms with Gasteiger partial charge in [0, 0.05) is 23.6 Å². The van der Waals surface area contributed by atoms with Crippen molar-refractivity contribution in [3.05, 3.63) is 99.8 Å². The summed E-state index contributed by atoms with van der Waals surface area (Å²) < 4.78 is 13.5. The van der Waals surface area contributed by atoms with E-state index in [9.17, 15) is 14.0 Å². The molecule has 2 amide bonds. The van der Waals surface area contributed by atoms with Crippen molar-refractivity contribution in [1.82, 2.24) is 5.01 Å². The Kier molecular flexibility index (Phi) is 7.13. The van der Waals surface area contributed by atoms with Crippen LogP contribution in [-0.2, 0) is 9.59 Å². The van der Waals surface area contributed by atoms with Crippen LogP contribution in [0.2, 0.25) is 5.02 Å². The SMILES string of the molecule is Cc1ccc(C2=NN(C3=NC(=O)C(CC(=O)Nc4ccc(F)c(C)c4)S3)C(c3ccc(Cl)cc3)C2)cc1. The van der Waals surface area contributed by atoms with Crippen LogP contribution in [0.15, 0.2) is 76.8 Å². The number of amidine groups is 1. The van der Waals surface area contributed by atoms with E-state index in [1.54, 1.807) is 18.0 Å². The van der Waals surface area contributed by atoms with Gasteiger partial charge in [0.25, 0.3) is 5.91 Å². The third-order valence-electron chi connectivity index (χ3n) is 6.29. The normalized spacial score (nSPS) is 19.1. The van der Waals surface area contributed by atoms with E-state index in [-0.39, 0.29) is 30.1 Å². The van der Waals surface area contributed by atoms with Crippen LogP contribution in [0.3, 0.4) is 0 Å². The first-order valence-electron chi connectivity index (χ1n) is 11.8. The number of benzene rings is 3. The fraction of sp³-hybridized carbons (Fsp3) is 0.214. The Bertz CT molecular complexity index is 1420. The molecule has 188 valence electrons. The van der Waals surface area contributed by atoms with Gasteiger partial charge in [0.05, 0.1) is 11.8 Å². The fourth-order valence-electron chi connectivity index (χ4n) is 4.26. The second-order valence-electron chi connectivity index (χ2n) is 9.08. The summed E-state index contributed by atoms with van der Waals surface area (Å²) in [6.07, 6.45) is 0.578. The Morgan fingerprint density at radius 3 is 2.54 bits per heavy atom. The third-order valence-corrected chi connectivity index (χ3v) is 7.68. The summed E-state index contributed by atoms with van der Waals surface area (Å²) in [7, 11) is 0. The molecule has 0 aromatic heterocycles. The van der Waals surface area contributed by atoms with Gasteiger partial charge in [0.15, 0.2) is 5.17 Å². The molecule has 0 radical (unpaired) electrons. The number of nitrogens with one attached hydrogen (secondary N) is 1. The zero-order chi connectivity index (χ0) is 26.1. The second kappa shape index (κ2) is 10.5. The van der Waals surface area contributed by atoms with Gasteiger partial charge >= 0.3 is 0 Å². The molecule has 3 aromatic carbocycles. The van der Waals surface area contributed by atoms with Gasteiger partial charge in [-0.15, -0.1) is 0 Å². The molecule has 0 fully saturated rings. The number of hydrazone groups is 1. The first kappa shape index (κ1) is 25.2. The molecule has 0 bridgehead atoms. The van der Waals surface area contributed by atoms with Crippen molar-refractivity contribution >= 4 is 51.7 Å². The molecule has 0 spiro atoms. The molecule has 3 aromatic rings. The number of anilines is 1. The summed E-state index contributed by atoms with van der Waals surface area (Å²) in [6.45, 7) is 3.66. The van der Waals surface area contributed by atoms with Crippen LogP contribution in [0.25, 0.3) is 0 Å². The molecular weight excluding hydrogens is 511 g/mol. The van der Waals surface area contributed by atoms with Crippen LogP contribution in [0, 0.1) is 19.7 Å². The zero-order valence-electron chi connectivity index (χ0n) is 20.2. The molecule has 0 saturated heterocycles. The van der Waals surface area contributed by atoms with Crippen LogP contribution >= 0.6 is 23.4 Å². The standard InChI is InChI=1S/C28H24ClFN4O2S/c1-16-3-5-18(6-4-16)23-14-24(19-7-9-20(29)10-8-19)34(33-23)28-32-27(36)25(37-28)15-26(35)31-21-11-12-22(30)17(2)13-21/h3-13,24-25H,14-15H2,1-2H3,(H,31,35). The molecule has 2 heterocycles. The molecule has 1 N–H and O–H groups in total. The van der Waals surface area contributed by atoms with E-state index in [0.29, 0.717) is 27.9 Å². The average molecular weight is 535 g/mol. The van der Waals surface area contributed by atoms with Crippen molar-refractivity contribution in [3.63, 3.8) is 0 Å². The number of thioether (sulfide) groups is 1. The van der Waals surface area contributed by atoms with Gasteiger partial charge in [-0.25, -0.2) is 9.40 Å². The van der Waals surface area contributed by atoms with Gasteiger partial charge in [-0.05, 0) is 60.9 Å². The quantitative estimate of drug-likeness (QED) is 0.418. The number of hydrogen-bond donors (Lipinski definition) is 1. The molecule has 2 unspecified atom stereocenters. The molecule has 9 heteroatoms. The maximum Gasteiger partial charge on any atom is 0.262 e. The molecule has 2 atom stereocenters. The summed E-state index contributed by atoms with van der Waals surface area (Å²) >= 11 is 7.35. The summed E-state index contributed by atoms with van der Waals surface area (Å²) in [5.41, 5.74) is 4.97. The topological polar surface area (TPSA) is 74.1 Å². The van der Waals surface area contributed by atoms with Crippen molar-refractivity contribution in [2.24, 2.45) is 10.1 Å². The minimum absolute atomic E-state index is 0.0547. The lowest BCUT2D eigenvalue weighted by Crippen LogP contribution is -2.25. The van der Waals surface area contributed by atoms with Crippen LogP contribution in [-0.4, -0.2) is 33.0 Å². The van der Waals surface area contributed by atoms with E-state index in [1.807, 2.05) is 55.5 Å². The van der Waals surface area contributed by atoms with Crippen molar-refractivity contribution in [3.8, 4) is 0 Å². The molecule has 2 aliphatic rings. The monoisotopic (exact) mass is 534 g/mol. The zero-order valence-corrected chi connectivity index (χ0v) is 21.8. The predicted octanol–water partition coefficient (Wildman–Crippen LogP) is 6.27. The van der Waals surface area contributed by atoms with Gasteiger partial charge in [0.2, 0.25) is 5.91 Å². The van der Waals surface area contributed by atoms with E-state index < -0.39 is 5.25 Å². The summed E-state index contributed by atoms with van der Waals surface area (Å²) in [6, 6.07) is 19.9. The molecule has 2 aliphatic heterocycles. The Labute approximate surface area is 223 Å². The highest BCUT2D eigenvalue weighted by Crippen LogP contribution is 2.39. The number of carbonyl (C=O) groups is 2.